The van der Waals surface area contributed by atoms with E-state index in [0.717, 1.165) is 17.1 Å². The second kappa shape index (κ2) is 16.7. The number of nitrogens with zero attached hydrogens (tertiary/aromatic N) is 1. The SMILES string of the molecule is c1ccc(-c2ccc3c(c2)sc2cc(N(c4cccc(C5(c6ccccc6)c6ccccc6-c6ccccc65)c4)c4ccc5c(c4)C(c4ccccc4)(c4ccccc4)c4ccccc4S5)ccc23)cc1. The second-order valence-corrected chi connectivity index (χ2v) is 20.9. The molecule has 3 heteroatoms. The van der Waals surface area contributed by atoms with Gasteiger partial charge in [0.2, 0.25) is 0 Å². The van der Waals surface area contributed by atoms with E-state index in [0.29, 0.717) is 0 Å². The molecule has 1 aromatic heterocycles. The van der Waals surface area contributed by atoms with E-state index in [-0.39, 0.29) is 0 Å². The molecule has 0 radical (unpaired) electrons. The van der Waals surface area contributed by atoms with E-state index in [1.807, 2.05) is 23.1 Å². The fourth-order valence-corrected chi connectivity index (χ4v) is 14.4. The Hall–Kier alpha value is -8.21. The number of fused-ring (bicyclic) bond motifs is 8. The van der Waals surface area contributed by atoms with Gasteiger partial charge in [-0.2, -0.15) is 0 Å². The van der Waals surface area contributed by atoms with Gasteiger partial charge in [-0.1, -0.05) is 230 Å². The molecule has 0 atom stereocenters. The lowest BCUT2D eigenvalue weighted by Gasteiger charge is -2.42. The van der Waals surface area contributed by atoms with Crippen molar-refractivity contribution in [2.45, 2.75) is 20.6 Å². The molecule has 1 aliphatic carbocycles. The normalized spacial score (nSPS) is 13.8. The summed E-state index contributed by atoms with van der Waals surface area (Å²) in [7, 11) is 0. The molecule has 0 N–H and O–H groups in total. The highest BCUT2D eigenvalue weighted by molar-refractivity contribution is 7.99. The Labute approximate surface area is 423 Å². The summed E-state index contributed by atoms with van der Waals surface area (Å²) < 4.78 is 2.55. The highest BCUT2D eigenvalue weighted by Gasteiger charge is 2.47. The van der Waals surface area contributed by atoms with E-state index in [4.69, 9.17) is 0 Å². The molecule has 0 fully saturated rings. The Morgan fingerprint density at radius 1 is 0.282 bits per heavy atom. The number of hydrogen-bond donors (Lipinski definition) is 0. The van der Waals surface area contributed by atoms with Crippen molar-refractivity contribution in [2.24, 2.45) is 0 Å². The molecule has 12 aromatic rings. The minimum Gasteiger partial charge on any atom is -0.310 e. The number of hydrogen-bond acceptors (Lipinski definition) is 3. The molecule has 1 aliphatic heterocycles. The number of rotatable bonds is 8. The van der Waals surface area contributed by atoms with Gasteiger partial charge in [-0.25, -0.2) is 0 Å². The Morgan fingerprint density at radius 3 is 1.39 bits per heavy atom. The van der Waals surface area contributed by atoms with E-state index >= 15 is 0 Å². The van der Waals surface area contributed by atoms with Crippen molar-refractivity contribution in [1.82, 2.24) is 0 Å². The van der Waals surface area contributed by atoms with E-state index in [1.54, 1.807) is 0 Å². The van der Waals surface area contributed by atoms with Gasteiger partial charge < -0.3 is 4.90 Å². The van der Waals surface area contributed by atoms with Gasteiger partial charge in [0.05, 0.1) is 10.8 Å². The van der Waals surface area contributed by atoms with Crippen molar-refractivity contribution in [3.8, 4) is 22.3 Å². The lowest BCUT2D eigenvalue weighted by Crippen LogP contribution is -2.34. The summed E-state index contributed by atoms with van der Waals surface area (Å²) >= 11 is 3.75. The van der Waals surface area contributed by atoms with Crippen molar-refractivity contribution >= 4 is 60.3 Å². The molecular weight excluding hydrogens is 895 g/mol. The molecule has 14 rings (SSSR count). The molecule has 0 spiro atoms. The van der Waals surface area contributed by atoms with Gasteiger partial charge in [-0.05, 0) is 121 Å². The standard InChI is InChI=1S/C68H45NS2/c1-5-20-46(21-6-1)47-36-39-57-58-40-37-54(45-66(58)71-65(57)42-47)69(52-29-19-28-51(43-52)68(50-26-11-4-12-27-50)59-32-15-13-30-55(59)56-31-14-16-33-60(56)68)53-38-41-64-62(44-53)67(48-22-7-2-8-23-48,49-24-9-3-10-25-49)61-34-17-18-35-63(61)70-64/h1-45H. The lowest BCUT2D eigenvalue weighted by atomic mass is 9.64. The molecule has 2 heterocycles. The maximum atomic E-state index is 2.51. The van der Waals surface area contributed by atoms with Crippen LogP contribution in [0.15, 0.2) is 283 Å². The zero-order chi connectivity index (χ0) is 46.9. The predicted octanol–water partition coefficient (Wildman–Crippen LogP) is 18.4. The van der Waals surface area contributed by atoms with Crippen molar-refractivity contribution < 1.29 is 0 Å². The van der Waals surface area contributed by atoms with Gasteiger partial charge in [-0.3, -0.25) is 0 Å². The largest absolute Gasteiger partial charge is 0.310 e. The molecule has 2 aliphatic rings. The number of anilines is 3. The monoisotopic (exact) mass is 939 g/mol. The number of thiophene rings is 1. The number of benzene rings is 11. The van der Waals surface area contributed by atoms with E-state index in [9.17, 15) is 0 Å². The predicted molar refractivity (Wildman–Crippen MR) is 299 cm³/mol. The van der Waals surface area contributed by atoms with Gasteiger partial charge in [0.25, 0.3) is 0 Å². The van der Waals surface area contributed by atoms with Crippen molar-refractivity contribution in [2.75, 3.05) is 4.90 Å². The first-order valence-corrected chi connectivity index (χ1v) is 26.0. The van der Waals surface area contributed by atoms with Crippen LogP contribution in [0.3, 0.4) is 0 Å². The molecule has 334 valence electrons. The summed E-state index contributed by atoms with van der Waals surface area (Å²) in [5.74, 6) is 0. The Morgan fingerprint density at radius 2 is 0.746 bits per heavy atom. The van der Waals surface area contributed by atoms with Crippen LogP contribution in [0.1, 0.15) is 44.5 Å². The minimum absolute atomic E-state index is 0.548. The summed E-state index contributed by atoms with van der Waals surface area (Å²) in [5.41, 5.74) is 17.4. The van der Waals surface area contributed by atoms with Crippen LogP contribution in [0.5, 0.6) is 0 Å². The van der Waals surface area contributed by atoms with Crippen molar-refractivity contribution in [3.63, 3.8) is 0 Å². The minimum atomic E-state index is -0.580. The third-order valence-corrected chi connectivity index (χ3v) is 17.3. The average molecular weight is 940 g/mol. The fourth-order valence-electron chi connectivity index (χ4n) is 12.1. The Bertz CT molecular complexity index is 3890. The summed E-state index contributed by atoms with van der Waals surface area (Å²) in [6.07, 6.45) is 0. The first-order valence-electron chi connectivity index (χ1n) is 24.4. The third-order valence-electron chi connectivity index (χ3n) is 15.1. The highest BCUT2D eigenvalue weighted by Crippen LogP contribution is 2.59. The first-order chi connectivity index (χ1) is 35.2. The molecule has 1 nitrogen and oxygen atoms in total. The highest BCUT2D eigenvalue weighted by atomic mass is 32.2. The summed E-state index contributed by atoms with van der Waals surface area (Å²) in [6.45, 7) is 0. The topological polar surface area (TPSA) is 3.24 Å². The van der Waals surface area contributed by atoms with Crippen molar-refractivity contribution in [1.29, 1.82) is 0 Å². The maximum absolute atomic E-state index is 2.51. The quantitative estimate of drug-likeness (QED) is 0.149. The summed E-state index contributed by atoms with van der Waals surface area (Å²) in [6, 6.07) is 102. The van der Waals surface area contributed by atoms with Crippen LogP contribution in [-0.2, 0) is 10.8 Å². The molecule has 0 saturated carbocycles. The van der Waals surface area contributed by atoms with E-state index < -0.39 is 10.8 Å². The molecule has 0 bridgehead atoms. The molecule has 0 saturated heterocycles. The Balaban J connectivity index is 1.03. The van der Waals surface area contributed by atoms with Crippen LogP contribution < -0.4 is 4.90 Å². The van der Waals surface area contributed by atoms with Crippen LogP contribution in [0.25, 0.3) is 42.4 Å². The van der Waals surface area contributed by atoms with E-state index in [2.05, 4.69) is 278 Å². The smallest absolute Gasteiger partial charge is 0.0724 e. The van der Waals surface area contributed by atoms with Gasteiger partial charge in [0, 0.05) is 47.0 Å². The van der Waals surface area contributed by atoms with Gasteiger partial charge in [-0.15, -0.1) is 11.3 Å². The average Bonchev–Trinajstić information content (AvgIpc) is 3.97. The van der Waals surface area contributed by atoms with Crippen molar-refractivity contribution in [3.05, 3.63) is 317 Å². The molecule has 11 aromatic carbocycles. The van der Waals surface area contributed by atoms with Crippen LogP contribution in [0.4, 0.5) is 17.1 Å². The third kappa shape index (κ3) is 6.40. The Kier molecular flexibility index (Phi) is 9.84. The summed E-state index contributed by atoms with van der Waals surface area (Å²) in [4.78, 5) is 5.05. The van der Waals surface area contributed by atoms with Crippen LogP contribution >= 0.6 is 23.1 Å². The van der Waals surface area contributed by atoms with Gasteiger partial charge in [0.15, 0.2) is 0 Å². The molecular formula is C68H45NS2. The molecule has 0 amide bonds. The maximum Gasteiger partial charge on any atom is 0.0724 e. The van der Waals surface area contributed by atoms with Crippen LogP contribution in [0.2, 0.25) is 0 Å². The fraction of sp³-hybridized carbons (Fsp3) is 0.0294. The van der Waals surface area contributed by atoms with Gasteiger partial charge in [0.1, 0.15) is 0 Å². The first kappa shape index (κ1) is 41.7. The zero-order valence-electron chi connectivity index (χ0n) is 38.7. The molecule has 0 unspecified atom stereocenters. The van der Waals surface area contributed by atoms with Crippen LogP contribution in [0, 0.1) is 0 Å². The summed E-state index contributed by atoms with van der Waals surface area (Å²) in [5, 5.41) is 2.56. The van der Waals surface area contributed by atoms with Gasteiger partial charge >= 0.3 is 0 Å². The zero-order valence-corrected chi connectivity index (χ0v) is 40.4. The second-order valence-electron chi connectivity index (χ2n) is 18.7. The lowest BCUT2D eigenvalue weighted by molar-refractivity contribution is 0.703. The molecule has 71 heavy (non-hydrogen) atoms. The van der Waals surface area contributed by atoms with E-state index in [1.165, 1.54) is 96.7 Å². The van der Waals surface area contributed by atoms with Crippen LogP contribution in [-0.4, -0.2) is 0 Å².